The molecule has 92 valence electrons. The van der Waals surface area contributed by atoms with Gasteiger partial charge in [0, 0.05) is 16.6 Å². The van der Waals surface area contributed by atoms with E-state index in [0.717, 1.165) is 13.0 Å². The van der Waals surface area contributed by atoms with Crippen LogP contribution in [0, 0.1) is 6.92 Å². The summed E-state index contributed by atoms with van der Waals surface area (Å²) in [5.41, 5.74) is 9.60. The summed E-state index contributed by atoms with van der Waals surface area (Å²) in [4.78, 5) is 3.47. The molecule has 0 spiro atoms. The number of aryl methyl sites for hydroxylation is 1. The number of nitrogens with one attached hydrogen (secondary N) is 1. The molecule has 2 aromatic rings. The van der Waals surface area contributed by atoms with Gasteiger partial charge in [-0.1, -0.05) is 31.5 Å². The van der Waals surface area contributed by atoms with Crippen LogP contribution in [0.15, 0.2) is 24.3 Å². The van der Waals surface area contributed by atoms with E-state index in [9.17, 15) is 0 Å². The van der Waals surface area contributed by atoms with E-state index in [4.69, 9.17) is 5.73 Å². The first-order valence-electron chi connectivity index (χ1n) is 6.51. The largest absolute Gasteiger partial charge is 0.358 e. The van der Waals surface area contributed by atoms with Crippen molar-refractivity contribution in [3.63, 3.8) is 0 Å². The Bertz CT molecular complexity index is 485. The third-order valence-electron chi connectivity index (χ3n) is 3.53. The van der Waals surface area contributed by atoms with Gasteiger partial charge in [-0.3, -0.25) is 0 Å². The number of hydrogen-bond acceptors (Lipinski definition) is 1. The molecule has 0 bridgehead atoms. The van der Waals surface area contributed by atoms with E-state index >= 15 is 0 Å². The number of unbranched alkanes of at least 4 members (excludes halogenated alkanes) is 1. The fourth-order valence-corrected chi connectivity index (χ4v) is 2.67. The molecule has 0 fully saturated rings. The normalized spacial score (nSPS) is 13.1. The lowest BCUT2D eigenvalue weighted by molar-refractivity contribution is 0.610. The van der Waals surface area contributed by atoms with Gasteiger partial charge in [-0.15, -0.1) is 0 Å². The second kappa shape index (κ2) is 5.37. The van der Waals surface area contributed by atoms with Gasteiger partial charge in [0.2, 0.25) is 0 Å². The number of aromatic amines is 1. The van der Waals surface area contributed by atoms with Crippen LogP contribution in [0.1, 0.15) is 43.4 Å². The first-order valence-corrected chi connectivity index (χ1v) is 6.51. The number of aromatic nitrogens is 1. The lowest BCUT2D eigenvalue weighted by Gasteiger charge is -2.11. The molecule has 0 saturated heterocycles. The van der Waals surface area contributed by atoms with Crippen molar-refractivity contribution in [2.24, 2.45) is 5.73 Å². The van der Waals surface area contributed by atoms with Crippen LogP contribution in [-0.2, 0) is 0 Å². The molecule has 1 heterocycles. The molecule has 0 radical (unpaired) electrons. The minimum absolute atomic E-state index is 0.609. The maximum absolute atomic E-state index is 5.55. The summed E-state index contributed by atoms with van der Waals surface area (Å²) < 4.78 is 0. The number of H-pyrrole nitrogens is 1. The Morgan fingerprint density at radius 3 is 2.76 bits per heavy atom. The van der Waals surface area contributed by atoms with Gasteiger partial charge >= 0.3 is 0 Å². The third-order valence-corrected chi connectivity index (χ3v) is 3.53. The van der Waals surface area contributed by atoms with E-state index in [2.05, 4.69) is 43.1 Å². The van der Waals surface area contributed by atoms with Gasteiger partial charge in [0.15, 0.2) is 0 Å². The van der Waals surface area contributed by atoms with E-state index in [1.54, 1.807) is 0 Å². The SMILES string of the molecule is Cc1[nH]c2ccccc2c1C(C)CCCCN. The van der Waals surface area contributed by atoms with E-state index < -0.39 is 0 Å². The van der Waals surface area contributed by atoms with Gasteiger partial charge in [-0.05, 0) is 43.9 Å². The average Bonchev–Trinajstić information content (AvgIpc) is 2.65. The van der Waals surface area contributed by atoms with Crippen LogP contribution in [0.4, 0.5) is 0 Å². The molecule has 2 heteroatoms. The molecule has 0 aliphatic carbocycles. The van der Waals surface area contributed by atoms with Crippen molar-refractivity contribution >= 4 is 10.9 Å². The van der Waals surface area contributed by atoms with E-state index in [1.165, 1.54) is 35.0 Å². The van der Waals surface area contributed by atoms with Gasteiger partial charge in [-0.25, -0.2) is 0 Å². The van der Waals surface area contributed by atoms with Crippen molar-refractivity contribution in [1.82, 2.24) is 4.98 Å². The summed E-state index contributed by atoms with van der Waals surface area (Å²) in [5.74, 6) is 0.609. The Hall–Kier alpha value is -1.28. The van der Waals surface area contributed by atoms with Gasteiger partial charge < -0.3 is 10.7 Å². The second-order valence-electron chi connectivity index (χ2n) is 4.89. The van der Waals surface area contributed by atoms with Crippen LogP contribution < -0.4 is 5.73 Å². The molecule has 0 aliphatic rings. The molecule has 0 saturated carbocycles. The van der Waals surface area contributed by atoms with Gasteiger partial charge in [0.05, 0.1) is 0 Å². The molecule has 0 amide bonds. The zero-order valence-corrected chi connectivity index (χ0v) is 10.8. The quantitative estimate of drug-likeness (QED) is 0.755. The summed E-state index contributed by atoms with van der Waals surface area (Å²) >= 11 is 0. The lowest BCUT2D eigenvalue weighted by Crippen LogP contribution is -2.00. The molecule has 17 heavy (non-hydrogen) atoms. The van der Waals surface area contributed by atoms with Crippen LogP contribution in [0.3, 0.4) is 0 Å². The molecule has 2 nitrogen and oxygen atoms in total. The predicted octanol–water partition coefficient (Wildman–Crippen LogP) is 3.71. The number of nitrogens with two attached hydrogens (primary N) is 1. The van der Waals surface area contributed by atoms with Crippen molar-refractivity contribution in [3.05, 3.63) is 35.5 Å². The highest BCUT2D eigenvalue weighted by molar-refractivity contribution is 5.85. The minimum atomic E-state index is 0.609. The summed E-state index contributed by atoms with van der Waals surface area (Å²) in [6.45, 7) is 5.30. The van der Waals surface area contributed by atoms with Crippen molar-refractivity contribution in [2.45, 2.75) is 39.0 Å². The molecule has 1 atom stereocenters. The van der Waals surface area contributed by atoms with E-state index in [1.807, 2.05) is 0 Å². The van der Waals surface area contributed by atoms with Crippen LogP contribution in [0.5, 0.6) is 0 Å². The summed E-state index contributed by atoms with van der Waals surface area (Å²) in [6, 6.07) is 8.57. The Morgan fingerprint density at radius 2 is 2.00 bits per heavy atom. The highest BCUT2D eigenvalue weighted by atomic mass is 14.7. The van der Waals surface area contributed by atoms with Crippen LogP contribution in [0.25, 0.3) is 10.9 Å². The Balaban J connectivity index is 2.24. The van der Waals surface area contributed by atoms with Crippen molar-refractivity contribution < 1.29 is 0 Å². The average molecular weight is 230 g/mol. The molecule has 1 aromatic carbocycles. The highest BCUT2D eigenvalue weighted by Gasteiger charge is 2.14. The topological polar surface area (TPSA) is 41.8 Å². The molecule has 2 rings (SSSR count). The van der Waals surface area contributed by atoms with Crippen molar-refractivity contribution in [3.8, 4) is 0 Å². The monoisotopic (exact) mass is 230 g/mol. The highest BCUT2D eigenvalue weighted by Crippen LogP contribution is 2.31. The second-order valence-corrected chi connectivity index (χ2v) is 4.89. The maximum atomic E-state index is 5.55. The van der Waals surface area contributed by atoms with Crippen LogP contribution in [0.2, 0.25) is 0 Å². The number of hydrogen-bond donors (Lipinski definition) is 2. The van der Waals surface area contributed by atoms with Crippen LogP contribution in [-0.4, -0.2) is 11.5 Å². The summed E-state index contributed by atoms with van der Waals surface area (Å²) in [5, 5.41) is 1.38. The maximum Gasteiger partial charge on any atom is 0.0458 e. The van der Waals surface area contributed by atoms with E-state index in [-0.39, 0.29) is 0 Å². The number of fused-ring (bicyclic) bond motifs is 1. The molecule has 1 unspecified atom stereocenters. The Morgan fingerprint density at radius 1 is 1.24 bits per heavy atom. The standard InChI is InChI=1S/C15H22N2/c1-11(7-5-6-10-16)15-12(2)17-14-9-4-3-8-13(14)15/h3-4,8-9,11,17H,5-7,10,16H2,1-2H3. The zero-order chi connectivity index (χ0) is 12.3. The van der Waals surface area contributed by atoms with Crippen LogP contribution >= 0.6 is 0 Å². The number of rotatable bonds is 5. The predicted molar refractivity (Wildman–Crippen MR) is 74.4 cm³/mol. The molecule has 0 aliphatic heterocycles. The van der Waals surface area contributed by atoms with E-state index in [0.29, 0.717) is 5.92 Å². The smallest absolute Gasteiger partial charge is 0.0458 e. The Labute approximate surface area is 103 Å². The molecule has 3 N–H and O–H groups in total. The lowest BCUT2D eigenvalue weighted by atomic mass is 9.93. The summed E-state index contributed by atoms with van der Waals surface area (Å²) in [6.07, 6.45) is 3.57. The fourth-order valence-electron chi connectivity index (χ4n) is 2.67. The summed E-state index contributed by atoms with van der Waals surface area (Å²) in [7, 11) is 0. The van der Waals surface area contributed by atoms with Crippen molar-refractivity contribution in [2.75, 3.05) is 6.54 Å². The first-order chi connectivity index (χ1) is 8.24. The van der Waals surface area contributed by atoms with Gasteiger partial charge in [-0.2, -0.15) is 0 Å². The molecular weight excluding hydrogens is 208 g/mol. The van der Waals surface area contributed by atoms with Gasteiger partial charge in [0.1, 0.15) is 0 Å². The Kier molecular flexibility index (Phi) is 3.85. The number of para-hydroxylation sites is 1. The van der Waals surface area contributed by atoms with Gasteiger partial charge in [0.25, 0.3) is 0 Å². The third kappa shape index (κ3) is 2.52. The number of benzene rings is 1. The molecule has 1 aromatic heterocycles. The minimum Gasteiger partial charge on any atom is -0.358 e. The molecular formula is C15H22N2. The first kappa shape index (κ1) is 12.2. The van der Waals surface area contributed by atoms with Crippen molar-refractivity contribution in [1.29, 1.82) is 0 Å². The fraction of sp³-hybridized carbons (Fsp3) is 0.467. The zero-order valence-electron chi connectivity index (χ0n) is 10.8.